The lowest BCUT2D eigenvalue weighted by Crippen LogP contribution is -2.35. The first kappa shape index (κ1) is 17.7. The van der Waals surface area contributed by atoms with Crippen LogP contribution in [0.15, 0.2) is 53.6 Å². The van der Waals surface area contributed by atoms with Gasteiger partial charge in [-0.15, -0.1) is 0 Å². The second kappa shape index (κ2) is 7.43. The normalized spacial score (nSPS) is 20.0. The van der Waals surface area contributed by atoms with Crippen molar-refractivity contribution in [2.45, 2.75) is 12.8 Å². The molecule has 1 aliphatic heterocycles. The number of halogens is 2. The van der Waals surface area contributed by atoms with E-state index in [4.69, 9.17) is 0 Å². The van der Waals surface area contributed by atoms with Gasteiger partial charge >= 0.3 is 0 Å². The van der Waals surface area contributed by atoms with E-state index in [2.05, 4.69) is 15.8 Å². The number of amides is 2. The number of carbonyl (C=O) groups is 2. The van der Waals surface area contributed by atoms with Crippen molar-refractivity contribution in [3.05, 3.63) is 71.3 Å². The zero-order chi connectivity index (χ0) is 18.7. The zero-order valence-corrected chi connectivity index (χ0v) is 14.0. The quantitative estimate of drug-likeness (QED) is 0.501. The third-order valence-electron chi connectivity index (χ3n) is 4.37. The minimum absolute atomic E-state index is 0.0548. The Balaban J connectivity index is 1.78. The molecule has 26 heavy (non-hydrogen) atoms. The predicted molar refractivity (Wildman–Crippen MR) is 92.4 cm³/mol. The maximum absolute atomic E-state index is 13.8. The van der Waals surface area contributed by atoms with E-state index in [0.717, 1.165) is 11.6 Å². The molecular formula is C19H17F2N3O2. The number of benzene rings is 2. The molecule has 2 aromatic carbocycles. The summed E-state index contributed by atoms with van der Waals surface area (Å²) in [5, 5.41) is 6.51. The first-order valence-electron chi connectivity index (χ1n) is 8.10. The maximum atomic E-state index is 13.8. The van der Waals surface area contributed by atoms with Gasteiger partial charge in [-0.05, 0) is 24.6 Å². The fourth-order valence-electron chi connectivity index (χ4n) is 2.99. The van der Waals surface area contributed by atoms with E-state index in [0.29, 0.717) is 6.54 Å². The molecule has 2 amide bonds. The molecule has 0 bridgehead atoms. The van der Waals surface area contributed by atoms with Gasteiger partial charge in [-0.1, -0.05) is 36.4 Å². The largest absolute Gasteiger partial charge is 0.355 e. The lowest BCUT2D eigenvalue weighted by atomic mass is 9.88. The number of hydrogen-bond acceptors (Lipinski definition) is 3. The highest BCUT2D eigenvalue weighted by atomic mass is 19.2. The Morgan fingerprint density at radius 3 is 2.62 bits per heavy atom. The van der Waals surface area contributed by atoms with Gasteiger partial charge in [-0.2, -0.15) is 5.10 Å². The zero-order valence-electron chi connectivity index (χ0n) is 14.0. The molecule has 2 atom stereocenters. The first-order chi connectivity index (χ1) is 12.5. The predicted octanol–water partition coefficient (Wildman–Crippen LogP) is 2.33. The van der Waals surface area contributed by atoms with Crippen LogP contribution in [0.2, 0.25) is 0 Å². The molecule has 0 aromatic heterocycles. The van der Waals surface area contributed by atoms with E-state index in [1.807, 2.05) is 30.3 Å². The molecule has 3 rings (SSSR count). The molecular weight excluding hydrogens is 340 g/mol. The van der Waals surface area contributed by atoms with Gasteiger partial charge in [0.1, 0.15) is 5.92 Å². The summed E-state index contributed by atoms with van der Waals surface area (Å²) >= 11 is 0. The Hall–Kier alpha value is -3.09. The van der Waals surface area contributed by atoms with Crippen molar-refractivity contribution in [2.24, 2.45) is 11.0 Å². The Morgan fingerprint density at radius 1 is 1.15 bits per heavy atom. The van der Waals surface area contributed by atoms with E-state index < -0.39 is 23.5 Å². The molecule has 134 valence electrons. The van der Waals surface area contributed by atoms with Crippen LogP contribution in [-0.2, 0) is 9.59 Å². The van der Waals surface area contributed by atoms with Crippen LogP contribution in [0.5, 0.6) is 0 Å². The Kier molecular flexibility index (Phi) is 5.06. The topological polar surface area (TPSA) is 70.6 Å². The summed E-state index contributed by atoms with van der Waals surface area (Å²) in [5.74, 6) is -4.27. The number of hydrogen-bond donors (Lipinski definition) is 2. The fourth-order valence-corrected chi connectivity index (χ4v) is 2.99. The lowest BCUT2D eigenvalue weighted by molar-refractivity contribution is -0.133. The van der Waals surface area contributed by atoms with Crippen LogP contribution in [0.25, 0.3) is 0 Å². The van der Waals surface area contributed by atoms with Gasteiger partial charge < -0.3 is 5.32 Å². The Bertz CT molecular complexity index is 868. The average Bonchev–Trinajstić information content (AvgIpc) is 3.04. The number of carbonyl (C=O) groups excluding carboxylic acids is 2. The third kappa shape index (κ3) is 3.46. The summed E-state index contributed by atoms with van der Waals surface area (Å²) in [6.07, 6.45) is 0. The molecule has 0 radical (unpaired) electrons. The van der Waals surface area contributed by atoms with Gasteiger partial charge in [0, 0.05) is 18.0 Å². The average molecular weight is 357 g/mol. The van der Waals surface area contributed by atoms with E-state index in [1.165, 1.54) is 19.1 Å². The van der Waals surface area contributed by atoms with Gasteiger partial charge in [0.15, 0.2) is 11.6 Å². The Morgan fingerprint density at radius 2 is 1.88 bits per heavy atom. The second-order valence-corrected chi connectivity index (χ2v) is 6.01. The van der Waals surface area contributed by atoms with Gasteiger partial charge in [-0.25, -0.2) is 14.2 Å². The summed E-state index contributed by atoms with van der Waals surface area (Å²) in [4.78, 5) is 24.6. The summed E-state index contributed by atoms with van der Waals surface area (Å²) in [6.45, 7) is 1.80. The van der Waals surface area contributed by atoms with E-state index in [9.17, 15) is 18.4 Å². The van der Waals surface area contributed by atoms with Gasteiger partial charge in [0.05, 0.1) is 5.71 Å². The summed E-state index contributed by atoms with van der Waals surface area (Å²) in [5.41, 5.74) is 3.21. The van der Waals surface area contributed by atoms with Crippen LogP contribution in [-0.4, -0.2) is 24.1 Å². The minimum Gasteiger partial charge on any atom is -0.355 e. The third-order valence-corrected chi connectivity index (χ3v) is 4.37. The SMILES string of the molecule is C/C(=N/NC(=O)C1C(=O)NCC1c1ccccc1)c1cccc(F)c1F. The van der Waals surface area contributed by atoms with Crippen molar-refractivity contribution >= 4 is 17.5 Å². The molecule has 0 aliphatic carbocycles. The van der Waals surface area contributed by atoms with Crippen LogP contribution < -0.4 is 10.7 Å². The molecule has 2 aromatic rings. The van der Waals surface area contributed by atoms with Gasteiger partial charge in [0.2, 0.25) is 5.91 Å². The van der Waals surface area contributed by atoms with Crippen molar-refractivity contribution in [1.82, 2.24) is 10.7 Å². The van der Waals surface area contributed by atoms with E-state index in [-0.39, 0.29) is 23.1 Å². The summed E-state index contributed by atoms with van der Waals surface area (Å²) < 4.78 is 27.1. The minimum atomic E-state index is -1.04. The molecule has 2 unspecified atom stereocenters. The molecule has 5 nitrogen and oxygen atoms in total. The number of nitrogens with one attached hydrogen (secondary N) is 2. The molecule has 2 N–H and O–H groups in total. The second-order valence-electron chi connectivity index (χ2n) is 6.01. The monoisotopic (exact) mass is 357 g/mol. The highest BCUT2D eigenvalue weighted by Crippen LogP contribution is 2.29. The molecule has 1 saturated heterocycles. The van der Waals surface area contributed by atoms with Crippen molar-refractivity contribution in [2.75, 3.05) is 6.54 Å². The first-order valence-corrected chi connectivity index (χ1v) is 8.10. The van der Waals surface area contributed by atoms with E-state index in [1.54, 1.807) is 0 Å². The molecule has 0 spiro atoms. The molecule has 1 aliphatic rings. The lowest BCUT2D eigenvalue weighted by Gasteiger charge is -2.15. The molecule has 1 fully saturated rings. The van der Waals surface area contributed by atoms with Crippen molar-refractivity contribution in [1.29, 1.82) is 0 Å². The van der Waals surface area contributed by atoms with Crippen LogP contribution in [0.4, 0.5) is 8.78 Å². The number of nitrogens with zero attached hydrogens (tertiary/aromatic N) is 1. The van der Waals surface area contributed by atoms with Crippen LogP contribution in [0, 0.1) is 17.6 Å². The number of rotatable bonds is 4. The molecule has 0 saturated carbocycles. The highest BCUT2D eigenvalue weighted by Gasteiger charge is 2.41. The number of hydrazone groups is 1. The van der Waals surface area contributed by atoms with Crippen LogP contribution >= 0.6 is 0 Å². The van der Waals surface area contributed by atoms with Crippen LogP contribution in [0.1, 0.15) is 24.0 Å². The summed E-state index contributed by atoms with van der Waals surface area (Å²) in [6, 6.07) is 12.9. The Labute approximate surface area is 149 Å². The maximum Gasteiger partial charge on any atom is 0.253 e. The van der Waals surface area contributed by atoms with Gasteiger partial charge in [0.25, 0.3) is 5.91 Å². The van der Waals surface area contributed by atoms with Crippen molar-refractivity contribution in [3.63, 3.8) is 0 Å². The highest BCUT2D eigenvalue weighted by molar-refractivity contribution is 6.04. The van der Waals surface area contributed by atoms with Gasteiger partial charge in [-0.3, -0.25) is 9.59 Å². The summed E-state index contributed by atoms with van der Waals surface area (Å²) in [7, 11) is 0. The van der Waals surface area contributed by atoms with Crippen LogP contribution in [0.3, 0.4) is 0 Å². The van der Waals surface area contributed by atoms with Crippen molar-refractivity contribution in [3.8, 4) is 0 Å². The molecule has 1 heterocycles. The standard InChI is InChI=1S/C19H17F2N3O2/c1-11(13-8-5-9-15(20)17(13)21)23-24-19(26)16-14(10-22-18(16)25)12-6-3-2-4-7-12/h2-9,14,16H,10H2,1H3,(H,22,25)(H,24,26)/b23-11-. The molecule has 7 heteroatoms. The van der Waals surface area contributed by atoms with Crippen molar-refractivity contribution < 1.29 is 18.4 Å². The van der Waals surface area contributed by atoms with E-state index >= 15 is 0 Å². The fraction of sp³-hybridized carbons (Fsp3) is 0.211. The smallest absolute Gasteiger partial charge is 0.253 e.